The Balaban J connectivity index is 1.82. The Morgan fingerprint density at radius 2 is 1.91 bits per heavy atom. The van der Waals surface area contributed by atoms with Gasteiger partial charge in [-0.3, -0.25) is 0 Å². The van der Waals surface area contributed by atoms with Crippen LogP contribution in [-0.2, 0) is 0 Å². The van der Waals surface area contributed by atoms with E-state index in [1.165, 1.54) is 11.1 Å². The van der Waals surface area contributed by atoms with E-state index in [2.05, 4.69) is 51.2 Å². The van der Waals surface area contributed by atoms with Gasteiger partial charge in [-0.15, -0.1) is 0 Å². The Kier molecular flexibility index (Phi) is 6.33. The highest BCUT2D eigenvalue weighted by atomic mass is 16.5. The van der Waals surface area contributed by atoms with Crippen LogP contribution in [0.5, 0.6) is 11.5 Å². The predicted octanol–water partition coefficient (Wildman–Crippen LogP) is 4.97. The van der Waals surface area contributed by atoms with Crippen LogP contribution in [0.1, 0.15) is 31.4 Å². The zero-order valence-corrected chi connectivity index (χ0v) is 14.6. The lowest BCUT2D eigenvalue weighted by Crippen LogP contribution is -2.13. The topological polar surface area (TPSA) is 30.5 Å². The summed E-state index contributed by atoms with van der Waals surface area (Å²) >= 11 is 0. The molecule has 0 radical (unpaired) electrons. The smallest absolute Gasteiger partial charge is 0.122 e. The second-order valence-electron chi connectivity index (χ2n) is 5.91. The molecule has 0 aliphatic carbocycles. The first kappa shape index (κ1) is 17.2. The summed E-state index contributed by atoms with van der Waals surface area (Å²) in [5.41, 5.74) is 3.43. The van der Waals surface area contributed by atoms with E-state index < -0.39 is 0 Å². The lowest BCUT2D eigenvalue weighted by Gasteiger charge is -2.14. The summed E-state index contributed by atoms with van der Waals surface area (Å²) in [5, 5.41) is 3.38. The second kappa shape index (κ2) is 8.47. The standard InChI is InChI=1S/C20H27NO2/c1-5-17(4)23-19-8-6-7-18(14-19)21-11-12-22-20-13-15(2)9-10-16(20)3/h6-10,13-14,17,21H,5,11-12H2,1-4H3. The maximum absolute atomic E-state index is 5.86. The van der Waals surface area contributed by atoms with Gasteiger partial charge >= 0.3 is 0 Å². The van der Waals surface area contributed by atoms with Gasteiger partial charge in [-0.1, -0.05) is 25.1 Å². The quantitative estimate of drug-likeness (QED) is 0.698. The molecule has 0 bridgehead atoms. The van der Waals surface area contributed by atoms with E-state index in [0.717, 1.165) is 30.2 Å². The number of benzene rings is 2. The molecular formula is C20H27NO2. The molecule has 0 aromatic heterocycles. The predicted molar refractivity (Wildman–Crippen MR) is 96.7 cm³/mol. The van der Waals surface area contributed by atoms with Crippen molar-refractivity contribution in [2.45, 2.75) is 40.2 Å². The molecule has 0 fully saturated rings. The van der Waals surface area contributed by atoms with Crippen LogP contribution in [-0.4, -0.2) is 19.3 Å². The summed E-state index contributed by atoms with van der Waals surface area (Å²) in [7, 11) is 0. The van der Waals surface area contributed by atoms with Gasteiger partial charge in [0.15, 0.2) is 0 Å². The molecule has 0 saturated carbocycles. The Morgan fingerprint density at radius 3 is 2.70 bits per heavy atom. The molecule has 2 aromatic rings. The molecular weight excluding hydrogens is 286 g/mol. The number of nitrogens with one attached hydrogen (secondary N) is 1. The number of rotatable bonds is 8. The Hall–Kier alpha value is -2.16. The van der Waals surface area contributed by atoms with Crippen molar-refractivity contribution in [3.63, 3.8) is 0 Å². The van der Waals surface area contributed by atoms with Crippen LogP contribution in [0.2, 0.25) is 0 Å². The highest BCUT2D eigenvalue weighted by Crippen LogP contribution is 2.20. The number of aryl methyl sites for hydroxylation is 2. The van der Waals surface area contributed by atoms with Crippen LogP contribution in [0, 0.1) is 13.8 Å². The fraction of sp³-hybridized carbons (Fsp3) is 0.400. The van der Waals surface area contributed by atoms with E-state index in [-0.39, 0.29) is 6.10 Å². The van der Waals surface area contributed by atoms with Crippen LogP contribution in [0.3, 0.4) is 0 Å². The lowest BCUT2D eigenvalue weighted by atomic mass is 10.1. The maximum Gasteiger partial charge on any atom is 0.122 e. The number of anilines is 1. The molecule has 3 nitrogen and oxygen atoms in total. The SMILES string of the molecule is CCC(C)Oc1cccc(NCCOc2cc(C)ccc2C)c1. The minimum Gasteiger partial charge on any atom is -0.491 e. The van der Waals surface area contributed by atoms with Crippen LogP contribution in [0.25, 0.3) is 0 Å². The van der Waals surface area contributed by atoms with Gasteiger partial charge in [-0.25, -0.2) is 0 Å². The van der Waals surface area contributed by atoms with Gasteiger partial charge in [-0.05, 0) is 56.5 Å². The summed E-state index contributed by atoms with van der Waals surface area (Å²) in [6, 6.07) is 14.3. The van der Waals surface area contributed by atoms with Crippen molar-refractivity contribution in [2.24, 2.45) is 0 Å². The first-order valence-electron chi connectivity index (χ1n) is 8.29. The van der Waals surface area contributed by atoms with Crippen LogP contribution >= 0.6 is 0 Å². The van der Waals surface area contributed by atoms with Gasteiger partial charge in [-0.2, -0.15) is 0 Å². The molecule has 3 heteroatoms. The van der Waals surface area contributed by atoms with Crippen LogP contribution in [0.15, 0.2) is 42.5 Å². The number of hydrogen-bond donors (Lipinski definition) is 1. The van der Waals surface area contributed by atoms with Gasteiger partial charge in [0.2, 0.25) is 0 Å². The number of ether oxygens (including phenoxy) is 2. The average molecular weight is 313 g/mol. The van der Waals surface area contributed by atoms with Crippen molar-refractivity contribution in [2.75, 3.05) is 18.5 Å². The molecule has 0 heterocycles. The van der Waals surface area contributed by atoms with Gasteiger partial charge in [0.25, 0.3) is 0 Å². The summed E-state index contributed by atoms with van der Waals surface area (Å²) in [6.45, 7) is 9.72. The first-order chi connectivity index (χ1) is 11.1. The molecule has 23 heavy (non-hydrogen) atoms. The first-order valence-corrected chi connectivity index (χ1v) is 8.29. The molecule has 1 unspecified atom stereocenters. The molecule has 0 aliphatic heterocycles. The third-order valence-corrected chi connectivity index (χ3v) is 3.78. The normalized spacial score (nSPS) is 11.8. The van der Waals surface area contributed by atoms with Crippen molar-refractivity contribution in [1.82, 2.24) is 0 Å². The van der Waals surface area contributed by atoms with Crippen LogP contribution in [0.4, 0.5) is 5.69 Å². The van der Waals surface area contributed by atoms with E-state index >= 15 is 0 Å². The van der Waals surface area contributed by atoms with Crippen LogP contribution < -0.4 is 14.8 Å². The van der Waals surface area contributed by atoms with E-state index in [0.29, 0.717) is 6.61 Å². The fourth-order valence-electron chi connectivity index (χ4n) is 2.21. The van der Waals surface area contributed by atoms with Crippen molar-refractivity contribution < 1.29 is 9.47 Å². The maximum atomic E-state index is 5.86. The van der Waals surface area contributed by atoms with Crippen molar-refractivity contribution in [1.29, 1.82) is 0 Å². The van der Waals surface area contributed by atoms with Crippen molar-refractivity contribution in [3.8, 4) is 11.5 Å². The van der Waals surface area contributed by atoms with Crippen molar-refractivity contribution >= 4 is 5.69 Å². The molecule has 0 aliphatic rings. The monoisotopic (exact) mass is 313 g/mol. The Bertz CT molecular complexity index is 625. The number of hydrogen-bond acceptors (Lipinski definition) is 3. The van der Waals surface area contributed by atoms with Gasteiger partial charge in [0.1, 0.15) is 18.1 Å². The summed E-state index contributed by atoms with van der Waals surface area (Å²) in [5.74, 6) is 1.86. The van der Waals surface area contributed by atoms with Gasteiger partial charge < -0.3 is 14.8 Å². The minimum absolute atomic E-state index is 0.234. The third-order valence-electron chi connectivity index (χ3n) is 3.78. The zero-order valence-electron chi connectivity index (χ0n) is 14.6. The third kappa shape index (κ3) is 5.51. The van der Waals surface area contributed by atoms with E-state index in [4.69, 9.17) is 9.47 Å². The minimum atomic E-state index is 0.234. The highest BCUT2D eigenvalue weighted by Gasteiger charge is 2.03. The molecule has 0 amide bonds. The summed E-state index contributed by atoms with van der Waals surface area (Å²) in [4.78, 5) is 0. The van der Waals surface area contributed by atoms with E-state index in [1.807, 2.05) is 24.3 Å². The molecule has 0 spiro atoms. The molecule has 124 valence electrons. The average Bonchev–Trinajstić information content (AvgIpc) is 2.55. The van der Waals surface area contributed by atoms with E-state index in [1.54, 1.807) is 0 Å². The molecule has 1 atom stereocenters. The lowest BCUT2D eigenvalue weighted by molar-refractivity contribution is 0.217. The van der Waals surface area contributed by atoms with Gasteiger partial charge in [0, 0.05) is 18.3 Å². The molecule has 2 aromatic carbocycles. The molecule has 0 saturated heterocycles. The Labute approximate surface area is 139 Å². The summed E-state index contributed by atoms with van der Waals surface area (Å²) < 4.78 is 11.7. The largest absolute Gasteiger partial charge is 0.491 e. The Morgan fingerprint density at radius 1 is 1.09 bits per heavy atom. The zero-order chi connectivity index (χ0) is 16.7. The second-order valence-corrected chi connectivity index (χ2v) is 5.91. The van der Waals surface area contributed by atoms with E-state index in [9.17, 15) is 0 Å². The van der Waals surface area contributed by atoms with Crippen molar-refractivity contribution in [3.05, 3.63) is 53.6 Å². The highest BCUT2D eigenvalue weighted by molar-refractivity contribution is 5.48. The molecule has 1 N–H and O–H groups in total. The fourth-order valence-corrected chi connectivity index (χ4v) is 2.21. The summed E-state index contributed by atoms with van der Waals surface area (Å²) in [6.07, 6.45) is 1.24. The van der Waals surface area contributed by atoms with Gasteiger partial charge in [0.05, 0.1) is 6.10 Å². The molecule has 2 rings (SSSR count).